The van der Waals surface area contributed by atoms with E-state index >= 15 is 0 Å². The molecule has 13 heavy (non-hydrogen) atoms. The number of nitrogens with zero attached hydrogens (tertiary/aromatic N) is 1. The van der Waals surface area contributed by atoms with Crippen molar-refractivity contribution in [1.29, 1.82) is 5.41 Å². The molecule has 1 saturated heterocycles. The Bertz CT molecular complexity index is 285. The molecule has 0 aromatic heterocycles. The normalized spacial score (nSPS) is 21.2. The minimum atomic E-state index is 0.652. The van der Waals surface area contributed by atoms with Crippen molar-refractivity contribution in [2.75, 3.05) is 19.6 Å². The van der Waals surface area contributed by atoms with E-state index in [1.54, 1.807) is 0 Å². The highest BCUT2D eigenvalue weighted by Crippen LogP contribution is 2.13. The molecule has 70 valence electrons. The molecule has 0 unspecified atom stereocenters. The zero-order valence-electron chi connectivity index (χ0n) is 7.93. The first-order valence-corrected chi connectivity index (χ1v) is 4.73. The summed E-state index contributed by atoms with van der Waals surface area (Å²) in [4.78, 5) is 2.09. The maximum Gasteiger partial charge on any atom is 0.144 e. The van der Waals surface area contributed by atoms with E-state index in [-0.39, 0.29) is 0 Å². The Balaban J connectivity index is 2.07. The molecule has 0 amide bonds. The summed E-state index contributed by atoms with van der Waals surface area (Å²) in [7, 11) is 0. The van der Waals surface area contributed by atoms with Crippen LogP contribution in [0.1, 0.15) is 13.3 Å². The molecule has 0 aromatic carbocycles. The number of allylic oxidation sites excluding steroid dienone is 2. The number of hydrogen-bond acceptors (Lipinski definition) is 2. The third kappa shape index (κ3) is 1.59. The van der Waals surface area contributed by atoms with Crippen LogP contribution < -0.4 is 5.32 Å². The molecule has 2 heterocycles. The first kappa shape index (κ1) is 8.35. The van der Waals surface area contributed by atoms with Crippen LogP contribution in [-0.4, -0.2) is 30.4 Å². The second-order valence-corrected chi connectivity index (χ2v) is 3.58. The van der Waals surface area contributed by atoms with Gasteiger partial charge in [-0.15, -0.1) is 0 Å². The molecule has 0 aromatic rings. The summed E-state index contributed by atoms with van der Waals surface area (Å²) in [6, 6.07) is 0. The molecule has 0 spiro atoms. The number of hydrogen-bond donors (Lipinski definition) is 2. The van der Waals surface area contributed by atoms with Crippen molar-refractivity contribution in [2.24, 2.45) is 0 Å². The number of amidine groups is 1. The Labute approximate surface area is 78.6 Å². The van der Waals surface area contributed by atoms with E-state index in [0.717, 1.165) is 25.3 Å². The van der Waals surface area contributed by atoms with Crippen molar-refractivity contribution in [2.45, 2.75) is 13.3 Å². The Morgan fingerprint density at radius 2 is 2.31 bits per heavy atom. The van der Waals surface area contributed by atoms with Crippen LogP contribution in [0.15, 0.2) is 23.4 Å². The Morgan fingerprint density at radius 1 is 1.54 bits per heavy atom. The average molecular weight is 177 g/mol. The van der Waals surface area contributed by atoms with Gasteiger partial charge in [0.2, 0.25) is 0 Å². The van der Waals surface area contributed by atoms with Crippen LogP contribution in [0, 0.1) is 5.41 Å². The van der Waals surface area contributed by atoms with Gasteiger partial charge in [0, 0.05) is 19.6 Å². The van der Waals surface area contributed by atoms with Gasteiger partial charge < -0.3 is 10.2 Å². The van der Waals surface area contributed by atoms with Crippen molar-refractivity contribution < 1.29 is 0 Å². The van der Waals surface area contributed by atoms with Crippen molar-refractivity contribution in [3.05, 3.63) is 23.4 Å². The van der Waals surface area contributed by atoms with Crippen LogP contribution in [0.3, 0.4) is 0 Å². The molecule has 2 N–H and O–H groups in total. The summed E-state index contributed by atoms with van der Waals surface area (Å²) < 4.78 is 0. The average Bonchev–Trinajstić information content (AvgIpc) is 2.01. The van der Waals surface area contributed by atoms with Crippen molar-refractivity contribution in [3.63, 3.8) is 0 Å². The second kappa shape index (κ2) is 3.24. The third-order valence-corrected chi connectivity index (χ3v) is 2.52. The lowest BCUT2D eigenvalue weighted by Gasteiger charge is -2.34. The maximum atomic E-state index is 7.90. The highest BCUT2D eigenvalue weighted by Gasteiger charge is 2.20. The van der Waals surface area contributed by atoms with E-state index in [9.17, 15) is 0 Å². The topological polar surface area (TPSA) is 39.1 Å². The molecule has 0 bridgehead atoms. The van der Waals surface area contributed by atoms with E-state index in [2.05, 4.69) is 23.2 Å². The van der Waals surface area contributed by atoms with Gasteiger partial charge in [-0.2, -0.15) is 0 Å². The monoisotopic (exact) mass is 177 g/mol. The first-order chi connectivity index (χ1) is 6.27. The van der Waals surface area contributed by atoms with Crippen LogP contribution in [0.2, 0.25) is 0 Å². The fourth-order valence-corrected chi connectivity index (χ4v) is 1.52. The Kier molecular flexibility index (Phi) is 2.08. The van der Waals surface area contributed by atoms with Gasteiger partial charge in [-0.05, 0) is 19.4 Å². The largest absolute Gasteiger partial charge is 0.379 e. The fraction of sp³-hybridized carbons (Fsp3) is 0.500. The van der Waals surface area contributed by atoms with Crippen LogP contribution >= 0.6 is 0 Å². The van der Waals surface area contributed by atoms with Crippen molar-refractivity contribution in [1.82, 2.24) is 10.2 Å². The summed E-state index contributed by atoms with van der Waals surface area (Å²) >= 11 is 0. The minimum Gasteiger partial charge on any atom is -0.379 e. The number of nitrogens with one attached hydrogen (secondary N) is 2. The molecule has 0 radical (unpaired) electrons. The Morgan fingerprint density at radius 3 is 2.85 bits per heavy atom. The molecule has 2 aliphatic heterocycles. The summed E-state index contributed by atoms with van der Waals surface area (Å²) in [5.41, 5.74) is 2.22. The van der Waals surface area contributed by atoms with E-state index in [0.29, 0.717) is 5.84 Å². The molecule has 2 rings (SSSR count). The number of dihydropyridines is 1. The van der Waals surface area contributed by atoms with Gasteiger partial charge in [0.1, 0.15) is 5.84 Å². The van der Waals surface area contributed by atoms with Gasteiger partial charge in [-0.3, -0.25) is 5.41 Å². The smallest absolute Gasteiger partial charge is 0.144 e. The fourth-order valence-electron chi connectivity index (χ4n) is 1.52. The number of likely N-dealkylation sites (tertiary alicyclic amines) is 1. The molecule has 0 atom stereocenters. The van der Waals surface area contributed by atoms with Crippen LogP contribution in [0.25, 0.3) is 0 Å². The highest BCUT2D eigenvalue weighted by molar-refractivity contribution is 5.96. The number of rotatable bonds is 1. The van der Waals surface area contributed by atoms with Crippen LogP contribution in [0.4, 0.5) is 0 Å². The van der Waals surface area contributed by atoms with Gasteiger partial charge in [0.25, 0.3) is 0 Å². The summed E-state index contributed by atoms with van der Waals surface area (Å²) in [6.07, 6.45) is 5.40. The molecule has 3 nitrogen and oxygen atoms in total. The van der Waals surface area contributed by atoms with Crippen LogP contribution in [0.5, 0.6) is 0 Å². The quantitative estimate of drug-likeness (QED) is 0.465. The predicted molar refractivity (Wildman–Crippen MR) is 53.8 cm³/mol. The van der Waals surface area contributed by atoms with E-state index < -0.39 is 0 Å². The van der Waals surface area contributed by atoms with Crippen LogP contribution in [-0.2, 0) is 0 Å². The molecular weight excluding hydrogens is 162 g/mol. The summed E-state index contributed by atoms with van der Waals surface area (Å²) in [5.74, 6) is 0.652. The lowest BCUT2D eigenvalue weighted by molar-refractivity contribution is 0.297. The van der Waals surface area contributed by atoms with Gasteiger partial charge in [0.15, 0.2) is 0 Å². The highest BCUT2D eigenvalue weighted by atomic mass is 15.2. The molecule has 0 saturated carbocycles. The van der Waals surface area contributed by atoms with E-state index in [4.69, 9.17) is 5.41 Å². The maximum absolute atomic E-state index is 7.90. The first-order valence-electron chi connectivity index (χ1n) is 4.73. The summed E-state index contributed by atoms with van der Waals surface area (Å²) in [6.45, 7) is 5.01. The standard InChI is InChI=1S/C10H15N3/c1-8-3-4-12-9(7-8)10(11)13-5-2-6-13/h3,7,11-12H,2,4-6H2,1H3. The molecule has 2 aliphatic rings. The van der Waals surface area contributed by atoms with Crippen molar-refractivity contribution in [3.8, 4) is 0 Å². The zero-order chi connectivity index (χ0) is 9.26. The third-order valence-electron chi connectivity index (χ3n) is 2.52. The minimum absolute atomic E-state index is 0.652. The summed E-state index contributed by atoms with van der Waals surface area (Å²) in [5, 5.41) is 11.1. The lowest BCUT2D eigenvalue weighted by atomic mass is 10.1. The molecular formula is C10H15N3. The zero-order valence-corrected chi connectivity index (χ0v) is 7.93. The van der Waals surface area contributed by atoms with Gasteiger partial charge >= 0.3 is 0 Å². The van der Waals surface area contributed by atoms with Gasteiger partial charge in [-0.25, -0.2) is 0 Å². The predicted octanol–water partition coefficient (Wildman–Crippen LogP) is 1.10. The van der Waals surface area contributed by atoms with Gasteiger partial charge in [-0.1, -0.05) is 11.6 Å². The molecule has 1 fully saturated rings. The lowest BCUT2D eigenvalue weighted by Crippen LogP contribution is -2.45. The molecule has 3 heteroatoms. The van der Waals surface area contributed by atoms with Crippen molar-refractivity contribution >= 4 is 5.84 Å². The van der Waals surface area contributed by atoms with E-state index in [1.807, 2.05) is 6.08 Å². The SMILES string of the molecule is CC1=CCNC(C(=N)N2CCC2)=C1. The van der Waals surface area contributed by atoms with Gasteiger partial charge in [0.05, 0.1) is 5.70 Å². The van der Waals surface area contributed by atoms with E-state index in [1.165, 1.54) is 12.0 Å². The molecule has 0 aliphatic carbocycles. The second-order valence-electron chi connectivity index (χ2n) is 3.58. The Hall–Kier alpha value is -1.25.